The van der Waals surface area contributed by atoms with E-state index in [1.165, 1.54) is 16.7 Å². The molecule has 3 aliphatic heterocycles. The maximum atomic E-state index is 13.5. The minimum atomic E-state index is -0.939. The van der Waals surface area contributed by atoms with E-state index in [-0.39, 0.29) is 17.7 Å². The van der Waals surface area contributed by atoms with Crippen LogP contribution in [0.5, 0.6) is 0 Å². The number of piperidine rings is 1. The van der Waals surface area contributed by atoms with E-state index >= 15 is 0 Å². The molecule has 2 aromatic rings. The van der Waals surface area contributed by atoms with Crippen LogP contribution in [0.15, 0.2) is 60.7 Å². The van der Waals surface area contributed by atoms with Crippen molar-refractivity contribution in [2.24, 2.45) is 11.8 Å². The summed E-state index contributed by atoms with van der Waals surface area (Å²) in [6.07, 6.45) is 0. The van der Waals surface area contributed by atoms with Crippen molar-refractivity contribution >= 4 is 35.2 Å². The van der Waals surface area contributed by atoms with Gasteiger partial charge in [0.2, 0.25) is 17.7 Å². The second kappa shape index (κ2) is 5.23. The summed E-state index contributed by atoms with van der Waals surface area (Å²) < 4.78 is -0.939. The molecule has 0 saturated carbocycles. The van der Waals surface area contributed by atoms with Gasteiger partial charge >= 0.3 is 0 Å². The number of rotatable bonds is 2. The van der Waals surface area contributed by atoms with Crippen molar-refractivity contribution in [2.75, 3.05) is 11.9 Å². The smallest absolute Gasteiger partial charge is 0.241 e. The quantitative estimate of drug-likeness (QED) is 0.754. The lowest BCUT2D eigenvalue weighted by molar-refractivity contribution is -0.146. The number of benzene rings is 2. The molecule has 6 heteroatoms. The highest BCUT2D eigenvalue weighted by molar-refractivity contribution is 8.03. The number of para-hydroxylation sites is 1. The van der Waals surface area contributed by atoms with E-state index in [0.717, 1.165) is 5.56 Å². The molecular formula is C21H18N2O3S. The van der Waals surface area contributed by atoms with Gasteiger partial charge in [0.15, 0.2) is 0 Å². The summed E-state index contributed by atoms with van der Waals surface area (Å²) in [4.78, 5) is 42.1. The van der Waals surface area contributed by atoms with E-state index in [2.05, 4.69) is 0 Å². The van der Waals surface area contributed by atoms with Gasteiger partial charge in [0.25, 0.3) is 0 Å². The van der Waals surface area contributed by atoms with Crippen LogP contribution in [0.1, 0.15) is 12.5 Å². The highest BCUT2D eigenvalue weighted by atomic mass is 32.2. The fourth-order valence-electron chi connectivity index (χ4n) is 4.95. The zero-order valence-corrected chi connectivity index (χ0v) is 15.8. The van der Waals surface area contributed by atoms with Crippen LogP contribution in [0.25, 0.3) is 0 Å². The molecule has 0 spiro atoms. The third-order valence-electron chi connectivity index (χ3n) is 6.12. The molecule has 3 fully saturated rings. The average Bonchev–Trinajstić information content (AvgIpc) is 3.21. The lowest BCUT2D eigenvalue weighted by atomic mass is 9.73. The number of carbonyl (C=O) groups is 3. The molecule has 2 aromatic carbocycles. The van der Waals surface area contributed by atoms with Gasteiger partial charge in [-0.3, -0.25) is 14.4 Å². The van der Waals surface area contributed by atoms with E-state index in [4.69, 9.17) is 0 Å². The molecule has 0 radical (unpaired) electrons. The molecule has 3 saturated heterocycles. The molecule has 5 nitrogen and oxygen atoms in total. The zero-order valence-electron chi connectivity index (χ0n) is 15.0. The summed E-state index contributed by atoms with van der Waals surface area (Å²) in [7, 11) is 1.74. The van der Waals surface area contributed by atoms with Gasteiger partial charge in [-0.25, -0.2) is 4.90 Å². The minimum absolute atomic E-state index is 0.0892. The number of carbonyl (C=O) groups excluding carboxylic acids is 3. The molecule has 27 heavy (non-hydrogen) atoms. The average molecular weight is 378 g/mol. The van der Waals surface area contributed by atoms with Crippen molar-refractivity contribution in [3.63, 3.8) is 0 Å². The van der Waals surface area contributed by atoms with E-state index in [0.29, 0.717) is 5.69 Å². The van der Waals surface area contributed by atoms with Crippen molar-refractivity contribution in [1.82, 2.24) is 4.90 Å². The lowest BCUT2D eigenvalue weighted by Gasteiger charge is -2.40. The normalized spacial score (nSPS) is 34.5. The third-order valence-corrected chi connectivity index (χ3v) is 8.05. The molecule has 136 valence electrons. The van der Waals surface area contributed by atoms with E-state index in [9.17, 15) is 14.4 Å². The topological polar surface area (TPSA) is 57.7 Å². The van der Waals surface area contributed by atoms with Gasteiger partial charge in [-0.15, -0.1) is 11.8 Å². The molecular weight excluding hydrogens is 360 g/mol. The highest BCUT2D eigenvalue weighted by Crippen LogP contribution is 2.71. The molecule has 5 rings (SSSR count). The van der Waals surface area contributed by atoms with Gasteiger partial charge in [0.05, 0.1) is 17.5 Å². The van der Waals surface area contributed by atoms with Crippen molar-refractivity contribution < 1.29 is 14.4 Å². The number of hydrogen-bond donors (Lipinski definition) is 0. The van der Waals surface area contributed by atoms with Crippen LogP contribution in [0, 0.1) is 11.8 Å². The molecule has 3 aliphatic rings. The largest absolute Gasteiger partial charge is 0.325 e. The van der Waals surface area contributed by atoms with E-state index in [1.807, 2.05) is 43.3 Å². The first-order chi connectivity index (χ1) is 12.9. The summed E-state index contributed by atoms with van der Waals surface area (Å²) in [6, 6.07) is 18.6. The number of amides is 3. The van der Waals surface area contributed by atoms with Crippen LogP contribution in [0.4, 0.5) is 5.69 Å². The van der Waals surface area contributed by atoms with Crippen molar-refractivity contribution in [2.45, 2.75) is 16.5 Å². The van der Waals surface area contributed by atoms with Crippen LogP contribution in [-0.2, 0) is 19.3 Å². The Hall–Kier alpha value is -2.60. The maximum Gasteiger partial charge on any atom is 0.241 e. The highest BCUT2D eigenvalue weighted by Gasteiger charge is 2.79. The number of thioether (sulfide) groups is 1. The summed E-state index contributed by atoms with van der Waals surface area (Å²) in [5, 5.41) is 0. The Labute approximate surface area is 161 Å². The fourth-order valence-corrected chi connectivity index (χ4v) is 7.02. The Kier molecular flexibility index (Phi) is 3.21. The van der Waals surface area contributed by atoms with Crippen molar-refractivity contribution in [1.29, 1.82) is 0 Å². The third kappa shape index (κ3) is 1.79. The zero-order chi connectivity index (χ0) is 19.0. The van der Waals surface area contributed by atoms with Crippen LogP contribution < -0.4 is 4.90 Å². The number of hydrogen-bond acceptors (Lipinski definition) is 4. The Bertz CT molecular complexity index is 979. The molecule has 4 unspecified atom stereocenters. The van der Waals surface area contributed by atoms with Crippen LogP contribution in [0.3, 0.4) is 0 Å². The Morgan fingerprint density at radius 1 is 0.852 bits per heavy atom. The standard InChI is InChI=1S/C21H18N2O3S/c1-20-15-16(18(25)23(17(15)24)14-11-7-4-8-12-14)21(27-20,22(2)19(20)26)13-9-5-3-6-10-13/h3-12,15-16H,1-2H3. The fraction of sp³-hybridized carbons (Fsp3) is 0.286. The summed E-state index contributed by atoms with van der Waals surface area (Å²) in [5.41, 5.74) is 1.45. The Balaban J connectivity index is 1.72. The predicted molar refractivity (Wildman–Crippen MR) is 103 cm³/mol. The summed E-state index contributed by atoms with van der Waals surface area (Å²) in [5.74, 6) is -1.83. The van der Waals surface area contributed by atoms with Gasteiger partial charge in [-0.1, -0.05) is 48.5 Å². The number of fused-ring (bicyclic) bond motifs is 5. The van der Waals surface area contributed by atoms with Crippen LogP contribution >= 0.6 is 11.8 Å². The van der Waals surface area contributed by atoms with Gasteiger partial charge in [-0.2, -0.15) is 0 Å². The van der Waals surface area contributed by atoms with Gasteiger partial charge in [0.1, 0.15) is 9.62 Å². The lowest BCUT2D eigenvalue weighted by Crippen LogP contribution is -2.56. The first-order valence-corrected chi connectivity index (χ1v) is 9.71. The SMILES string of the molecule is CN1C(=O)C2(C)SC1(c1ccccc1)C1C(=O)N(c3ccccc3)C(=O)C12. The maximum absolute atomic E-state index is 13.5. The Morgan fingerprint density at radius 3 is 2.04 bits per heavy atom. The van der Waals surface area contributed by atoms with Crippen molar-refractivity contribution in [3.05, 3.63) is 66.2 Å². The second-order valence-corrected chi connectivity index (χ2v) is 9.11. The second-order valence-electron chi connectivity index (χ2n) is 7.44. The molecule has 3 amide bonds. The van der Waals surface area contributed by atoms with Crippen LogP contribution in [-0.4, -0.2) is 34.4 Å². The molecule has 0 aromatic heterocycles. The van der Waals surface area contributed by atoms with Gasteiger partial charge in [0, 0.05) is 7.05 Å². The van der Waals surface area contributed by atoms with E-state index < -0.39 is 21.5 Å². The first-order valence-electron chi connectivity index (χ1n) is 8.90. The molecule has 3 heterocycles. The van der Waals surface area contributed by atoms with Crippen LogP contribution in [0.2, 0.25) is 0 Å². The number of likely N-dealkylation sites (tertiary alicyclic amines) is 1. The minimum Gasteiger partial charge on any atom is -0.325 e. The Morgan fingerprint density at radius 2 is 1.41 bits per heavy atom. The molecule has 4 atom stereocenters. The summed E-state index contributed by atoms with van der Waals surface area (Å²) >= 11 is 1.46. The van der Waals surface area contributed by atoms with E-state index in [1.54, 1.807) is 36.2 Å². The monoisotopic (exact) mass is 378 g/mol. The summed E-state index contributed by atoms with van der Waals surface area (Å²) in [6.45, 7) is 1.81. The van der Waals surface area contributed by atoms with Gasteiger partial charge in [-0.05, 0) is 24.6 Å². The van der Waals surface area contributed by atoms with Crippen molar-refractivity contribution in [3.8, 4) is 0 Å². The predicted octanol–water partition coefficient (Wildman–Crippen LogP) is 2.62. The molecule has 0 aliphatic carbocycles. The molecule has 2 bridgehead atoms. The number of nitrogens with zero attached hydrogens (tertiary/aromatic N) is 2. The van der Waals surface area contributed by atoms with Gasteiger partial charge < -0.3 is 4.90 Å². The number of anilines is 1. The first kappa shape index (κ1) is 16.6. The molecule has 0 N–H and O–H groups in total. The number of imide groups is 1.